The van der Waals surface area contributed by atoms with Crippen LogP contribution < -0.4 is 10.1 Å². The number of methoxy groups -OCH3 is 1. The summed E-state index contributed by atoms with van der Waals surface area (Å²) in [6.07, 6.45) is 1.31. The standard InChI is InChI=1S/C13H20N2O/c1-14-10-12(15-8-5-9-15)11-6-3-4-7-13(11)16-2/h3-4,6-7,12,14H,5,8-10H2,1-2H3. The van der Waals surface area contributed by atoms with Crippen LogP contribution in [0.2, 0.25) is 0 Å². The molecule has 1 unspecified atom stereocenters. The summed E-state index contributed by atoms with van der Waals surface area (Å²) in [6.45, 7) is 3.37. The molecule has 1 aromatic carbocycles. The Bertz CT molecular complexity index is 336. The van der Waals surface area contributed by atoms with Crippen molar-refractivity contribution in [1.29, 1.82) is 0 Å². The van der Waals surface area contributed by atoms with E-state index in [1.54, 1.807) is 7.11 Å². The van der Waals surface area contributed by atoms with Crippen LogP contribution in [0.5, 0.6) is 5.75 Å². The maximum Gasteiger partial charge on any atom is 0.123 e. The van der Waals surface area contributed by atoms with Crippen molar-refractivity contribution in [2.45, 2.75) is 12.5 Å². The third kappa shape index (κ3) is 2.20. The molecule has 0 aliphatic carbocycles. The van der Waals surface area contributed by atoms with Crippen LogP contribution in [0.15, 0.2) is 24.3 Å². The number of nitrogens with one attached hydrogen (secondary N) is 1. The van der Waals surface area contributed by atoms with Gasteiger partial charge in [0.25, 0.3) is 0 Å². The molecular weight excluding hydrogens is 200 g/mol. The third-order valence-electron chi connectivity index (χ3n) is 3.23. The summed E-state index contributed by atoms with van der Waals surface area (Å²) in [4.78, 5) is 2.49. The molecule has 3 nitrogen and oxygen atoms in total. The van der Waals surface area contributed by atoms with Crippen LogP contribution in [0.3, 0.4) is 0 Å². The first-order valence-corrected chi connectivity index (χ1v) is 5.88. The van der Waals surface area contributed by atoms with Crippen molar-refractivity contribution in [3.8, 4) is 5.75 Å². The Hall–Kier alpha value is -1.06. The Kier molecular flexibility index (Phi) is 3.80. The van der Waals surface area contributed by atoms with Crippen molar-refractivity contribution in [3.63, 3.8) is 0 Å². The van der Waals surface area contributed by atoms with Crippen LogP contribution in [-0.2, 0) is 0 Å². The molecule has 1 aliphatic heterocycles. The molecule has 16 heavy (non-hydrogen) atoms. The van der Waals surface area contributed by atoms with Crippen molar-refractivity contribution in [1.82, 2.24) is 10.2 Å². The van der Waals surface area contributed by atoms with Gasteiger partial charge in [-0.25, -0.2) is 0 Å². The quantitative estimate of drug-likeness (QED) is 0.817. The number of rotatable bonds is 5. The van der Waals surface area contributed by atoms with Gasteiger partial charge in [0, 0.05) is 25.2 Å². The van der Waals surface area contributed by atoms with Gasteiger partial charge in [0.15, 0.2) is 0 Å². The van der Waals surface area contributed by atoms with Gasteiger partial charge in [0.05, 0.1) is 13.2 Å². The van der Waals surface area contributed by atoms with Crippen molar-refractivity contribution in [2.75, 3.05) is 33.8 Å². The lowest BCUT2D eigenvalue weighted by atomic mass is 10.0. The zero-order valence-corrected chi connectivity index (χ0v) is 10.1. The summed E-state index contributed by atoms with van der Waals surface area (Å²) in [5.41, 5.74) is 1.29. The van der Waals surface area contributed by atoms with Gasteiger partial charge in [-0.3, -0.25) is 4.90 Å². The van der Waals surface area contributed by atoms with E-state index < -0.39 is 0 Å². The molecule has 1 atom stereocenters. The van der Waals surface area contributed by atoms with Gasteiger partial charge in [-0.2, -0.15) is 0 Å². The Balaban J connectivity index is 2.22. The molecule has 0 saturated carbocycles. The summed E-state index contributed by atoms with van der Waals surface area (Å²) < 4.78 is 5.44. The molecule has 1 N–H and O–H groups in total. The normalized spacial score (nSPS) is 17.9. The first-order chi connectivity index (χ1) is 7.86. The van der Waals surface area contributed by atoms with Crippen LogP contribution in [-0.4, -0.2) is 38.7 Å². The van der Waals surface area contributed by atoms with Crippen molar-refractivity contribution in [3.05, 3.63) is 29.8 Å². The molecule has 1 saturated heterocycles. The minimum atomic E-state index is 0.440. The van der Waals surface area contributed by atoms with E-state index in [2.05, 4.69) is 22.3 Å². The predicted octanol–water partition coefficient (Wildman–Crippen LogP) is 1.66. The van der Waals surface area contributed by atoms with Crippen LogP contribution in [0.25, 0.3) is 0 Å². The highest BCUT2D eigenvalue weighted by molar-refractivity contribution is 5.36. The molecule has 0 bridgehead atoms. The van der Waals surface area contributed by atoms with Gasteiger partial charge in [-0.15, -0.1) is 0 Å². The molecule has 0 spiro atoms. The molecule has 0 amide bonds. The van der Waals surface area contributed by atoms with Gasteiger partial charge in [-0.1, -0.05) is 18.2 Å². The van der Waals surface area contributed by atoms with E-state index in [0.29, 0.717) is 6.04 Å². The molecule has 1 aliphatic rings. The average molecular weight is 220 g/mol. The van der Waals surface area contributed by atoms with E-state index in [9.17, 15) is 0 Å². The van der Waals surface area contributed by atoms with E-state index >= 15 is 0 Å². The lowest BCUT2D eigenvalue weighted by molar-refractivity contribution is 0.115. The zero-order valence-electron chi connectivity index (χ0n) is 10.1. The van der Waals surface area contributed by atoms with Gasteiger partial charge in [-0.05, 0) is 19.5 Å². The molecule has 88 valence electrons. The second kappa shape index (κ2) is 5.32. The number of nitrogens with zero attached hydrogens (tertiary/aromatic N) is 1. The Labute approximate surface area is 97.4 Å². The third-order valence-corrected chi connectivity index (χ3v) is 3.23. The molecule has 1 heterocycles. The topological polar surface area (TPSA) is 24.5 Å². The number of para-hydroxylation sites is 1. The van der Waals surface area contributed by atoms with E-state index in [1.165, 1.54) is 25.1 Å². The number of hydrogen-bond acceptors (Lipinski definition) is 3. The zero-order chi connectivity index (χ0) is 11.4. The second-order valence-electron chi connectivity index (χ2n) is 4.20. The lowest BCUT2D eigenvalue weighted by Crippen LogP contribution is -2.43. The largest absolute Gasteiger partial charge is 0.496 e. The Morgan fingerprint density at radius 1 is 1.38 bits per heavy atom. The SMILES string of the molecule is CNCC(c1ccccc1OC)N1CCC1. The molecule has 0 radical (unpaired) electrons. The second-order valence-corrected chi connectivity index (χ2v) is 4.20. The van der Waals surface area contributed by atoms with Gasteiger partial charge >= 0.3 is 0 Å². The molecule has 2 rings (SSSR count). The minimum absolute atomic E-state index is 0.440. The smallest absolute Gasteiger partial charge is 0.123 e. The van der Waals surface area contributed by atoms with Gasteiger partial charge in [0.2, 0.25) is 0 Å². The summed E-state index contributed by atoms with van der Waals surface area (Å²) in [5.74, 6) is 0.995. The number of likely N-dealkylation sites (N-methyl/N-ethyl adjacent to an activating group) is 1. The van der Waals surface area contributed by atoms with Crippen LogP contribution >= 0.6 is 0 Å². The number of likely N-dealkylation sites (tertiary alicyclic amines) is 1. The highest BCUT2D eigenvalue weighted by Gasteiger charge is 2.26. The maximum absolute atomic E-state index is 5.44. The van der Waals surface area contributed by atoms with Gasteiger partial charge in [0.1, 0.15) is 5.75 Å². The predicted molar refractivity (Wildman–Crippen MR) is 65.9 cm³/mol. The highest BCUT2D eigenvalue weighted by Crippen LogP contribution is 2.31. The van der Waals surface area contributed by atoms with Gasteiger partial charge < -0.3 is 10.1 Å². The van der Waals surface area contributed by atoms with E-state index in [0.717, 1.165) is 12.3 Å². The summed E-state index contributed by atoms with van der Waals surface area (Å²) in [6, 6.07) is 8.75. The fraction of sp³-hybridized carbons (Fsp3) is 0.538. The fourth-order valence-corrected chi connectivity index (χ4v) is 2.22. The van der Waals surface area contributed by atoms with Crippen molar-refractivity contribution in [2.24, 2.45) is 0 Å². The van der Waals surface area contributed by atoms with Crippen LogP contribution in [0.1, 0.15) is 18.0 Å². The van der Waals surface area contributed by atoms with E-state index in [1.807, 2.05) is 19.2 Å². The molecule has 3 heteroatoms. The number of ether oxygens (including phenoxy) is 1. The highest BCUT2D eigenvalue weighted by atomic mass is 16.5. The molecule has 0 aromatic heterocycles. The summed E-state index contributed by atoms with van der Waals surface area (Å²) in [7, 11) is 3.74. The van der Waals surface area contributed by atoms with Crippen molar-refractivity contribution < 1.29 is 4.74 Å². The molecule has 1 aromatic rings. The average Bonchev–Trinajstić information content (AvgIpc) is 2.26. The minimum Gasteiger partial charge on any atom is -0.496 e. The summed E-state index contributed by atoms with van der Waals surface area (Å²) >= 11 is 0. The van der Waals surface area contributed by atoms with Crippen LogP contribution in [0, 0.1) is 0 Å². The maximum atomic E-state index is 5.44. The summed E-state index contributed by atoms with van der Waals surface area (Å²) in [5, 5.41) is 3.27. The molecule has 1 fully saturated rings. The first kappa shape index (κ1) is 11.4. The lowest BCUT2D eigenvalue weighted by Gasteiger charge is -2.39. The fourth-order valence-electron chi connectivity index (χ4n) is 2.22. The Morgan fingerprint density at radius 2 is 2.12 bits per heavy atom. The first-order valence-electron chi connectivity index (χ1n) is 5.88. The molecular formula is C13H20N2O. The van der Waals surface area contributed by atoms with Crippen LogP contribution in [0.4, 0.5) is 0 Å². The van der Waals surface area contributed by atoms with E-state index in [4.69, 9.17) is 4.74 Å². The monoisotopic (exact) mass is 220 g/mol. The number of hydrogen-bond donors (Lipinski definition) is 1. The number of benzene rings is 1. The Morgan fingerprint density at radius 3 is 2.69 bits per heavy atom. The van der Waals surface area contributed by atoms with Crippen molar-refractivity contribution >= 4 is 0 Å². The van der Waals surface area contributed by atoms with E-state index in [-0.39, 0.29) is 0 Å².